The average Bonchev–Trinajstić information content (AvgIpc) is 2.42. The maximum Gasteiger partial charge on any atom is 0.223 e. The summed E-state index contributed by atoms with van der Waals surface area (Å²) in [5, 5.41) is 6.30. The number of carbonyl (C=O) groups is 1. The average molecular weight is 301 g/mol. The predicted molar refractivity (Wildman–Crippen MR) is 80.6 cm³/mol. The van der Waals surface area contributed by atoms with E-state index in [2.05, 4.69) is 10.6 Å². The predicted octanol–water partition coefficient (Wildman–Crippen LogP) is 2.29. The second-order valence-corrected chi connectivity index (χ2v) is 5.25. The highest BCUT2D eigenvalue weighted by Crippen LogP contribution is 2.13. The molecule has 0 bridgehead atoms. The first-order valence-corrected chi connectivity index (χ1v) is 6.91. The van der Waals surface area contributed by atoms with E-state index >= 15 is 0 Å². The van der Waals surface area contributed by atoms with Gasteiger partial charge in [0.15, 0.2) is 0 Å². The minimum Gasteiger partial charge on any atom is -0.352 e. The molecule has 5 heteroatoms. The van der Waals surface area contributed by atoms with Gasteiger partial charge >= 0.3 is 0 Å². The SMILES string of the molecule is CC(Cc1ccccc1F)C(=O)NC1CCCNC1.Cl. The summed E-state index contributed by atoms with van der Waals surface area (Å²) in [7, 11) is 0. The highest BCUT2D eigenvalue weighted by molar-refractivity contribution is 5.85. The van der Waals surface area contributed by atoms with Crippen molar-refractivity contribution >= 4 is 18.3 Å². The molecule has 1 saturated heterocycles. The van der Waals surface area contributed by atoms with Crippen molar-refractivity contribution in [1.29, 1.82) is 0 Å². The van der Waals surface area contributed by atoms with Crippen LogP contribution in [0.5, 0.6) is 0 Å². The van der Waals surface area contributed by atoms with Crippen LogP contribution >= 0.6 is 12.4 Å². The summed E-state index contributed by atoms with van der Waals surface area (Å²) < 4.78 is 13.5. The van der Waals surface area contributed by atoms with Gasteiger partial charge in [0.25, 0.3) is 0 Å². The Bertz CT molecular complexity index is 436. The summed E-state index contributed by atoms with van der Waals surface area (Å²) in [5.41, 5.74) is 0.604. The standard InChI is InChI=1S/C15H21FN2O.ClH/c1-11(9-12-5-2-3-7-14(12)16)15(19)18-13-6-4-8-17-10-13;/h2-3,5,7,11,13,17H,4,6,8-10H2,1H3,(H,18,19);1H. The molecule has 2 unspecified atom stereocenters. The van der Waals surface area contributed by atoms with Crippen LogP contribution in [-0.2, 0) is 11.2 Å². The third-order valence-electron chi connectivity index (χ3n) is 3.57. The normalized spacial score (nSPS) is 19.8. The minimum absolute atomic E-state index is 0. The Morgan fingerprint density at radius 2 is 2.25 bits per heavy atom. The molecular formula is C15H22ClFN2O. The molecule has 2 atom stereocenters. The van der Waals surface area contributed by atoms with Crippen LogP contribution in [0.25, 0.3) is 0 Å². The highest BCUT2D eigenvalue weighted by atomic mass is 35.5. The topological polar surface area (TPSA) is 41.1 Å². The zero-order valence-electron chi connectivity index (χ0n) is 11.7. The lowest BCUT2D eigenvalue weighted by atomic mass is 9.99. The van der Waals surface area contributed by atoms with Gasteiger partial charge in [-0.05, 0) is 37.4 Å². The lowest BCUT2D eigenvalue weighted by molar-refractivity contribution is -0.125. The van der Waals surface area contributed by atoms with E-state index in [9.17, 15) is 9.18 Å². The van der Waals surface area contributed by atoms with Crippen LogP contribution < -0.4 is 10.6 Å². The summed E-state index contributed by atoms with van der Waals surface area (Å²) >= 11 is 0. The van der Waals surface area contributed by atoms with Crippen molar-refractivity contribution in [3.8, 4) is 0 Å². The number of carbonyl (C=O) groups excluding carboxylic acids is 1. The Labute approximate surface area is 125 Å². The van der Waals surface area contributed by atoms with Gasteiger partial charge in [0.2, 0.25) is 5.91 Å². The van der Waals surface area contributed by atoms with Crippen molar-refractivity contribution in [3.05, 3.63) is 35.6 Å². The van der Waals surface area contributed by atoms with E-state index in [1.165, 1.54) is 6.07 Å². The van der Waals surface area contributed by atoms with Gasteiger partial charge in [-0.1, -0.05) is 25.1 Å². The lowest BCUT2D eigenvalue weighted by Crippen LogP contribution is -2.47. The first-order valence-electron chi connectivity index (χ1n) is 6.91. The minimum atomic E-state index is -0.235. The molecule has 1 amide bonds. The van der Waals surface area contributed by atoms with Crippen molar-refractivity contribution in [3.63, 3.8) is 0 Å². The van der Waals surface area contributed by atoms with E-state index in [1.54, 1.807) is 18.2 Å². The van der Waals surface area contributed by atoms with E-state index in [4.69, 9.17) is 0 Å². The van der Waals surface area contributed by atoms with Gasteiger partial charge in [0.1, 0.15) is 5.82 Å². The molecule has 0 radical (unpaired) electrons. The van der Waals surface area contributed by atoms with Crippen LogP contribution in [0.15, 0.2) is 24.3 Å². The van der Waals surface area contributed by atoms with Gasteiger partial charge in [-0.15, -0.1) is 12.4 Å². The number of hydrogen-bond acceptors (Lipinski definition) is 2. The van der Waals surface area contributed by atoms with Crippen LogP contribution in [-0.4, -0.2) is 25.0 Å². The summed E-state index contributed by atoms with van der Waals surface area (Å²) in [4.78, 5) is 12.1. The molecule has 0 saturated carbocycles. The summed E-state index contributed by atoms with van der Waals surface area (Å²) in [5.74, 6) is -0.433. The summed E-state index contributed by atoms with van der Waals surface area (Å²) in [6.45, 7) is 3.70. The zero-order valence-corrected chi connectivity index (χ0v) is 12.5. The van der Waals surface area contributed by atoms with Gasteiger partial charge in [-0.25, -0.2) is 4.39 Å². The molecule has 2 rings (SSSR count). The molecule has 1 aliphatic rings. The first-order chi connectivity index (χ1) is 9.16. The molecular weight excluding hydrogens is 279 g/mol. The summed E-state index contributed by atoms with van der Waals surface area (Å²) in [6, 6.07) is 6.85. The van der Waals surface area contributed by atoms with E-state index in [0.29, 0.717) is 12.0 Å². The third kappa shape index (κ3) is 4.76. The molecule has 1 heterocycles. The fraction of sp³-hybridized carbons (Fsp3) is 0.533. The van der Waals surface area contributed by atoms with Crippen molar-refractivity contribution in [1.82, 2.24) is 10.6 Å². The van der Waals surface area contributed by atoms with Gasteiger partial charge in [-0.3, -0.25) is 4.79 Å². The molecule has 20 heavy (non-hydrogen) atoms. The molecule has 1 aromatic rings. The molecule has 0 aliphatic carbocycles. The maximum atomic E-state index is 13.5. The van der Waals surface area contributed by atoms with Crippen molar-refractivity contribution in [2.45, 2.75) is 32.2 Å². The molecule has 1 aliphatic heterocycles. The molecule has 112 valence electrons. The molecule has 0 aromatic heterocycles. The molecule has 1 fully saturated rings. The largest absolute Gasteiger partial charge is 0.352 e. The Balaban J connectivity index is 0.00000200. The van der Waals surface area contributed by atoms with Crippen LogP contribution in [0, 0.1) is 11.7 Å². The number of amides is 1. The first kappa shape index (κ1) is 16.9. The third-order valence-corrected chi connectivity index (χ3v) is 3.57. The molecule has 2 N–H and O–H groups in total. The maximum absolute atomic E-state index is 13.5. The fourth-order valence-electron chi connectivity index (χ4n) is 2.40. The lowest BCUT2D eigenvalue weighted by Gasteiger charge is -2.25. The summed E-state index contributed by atoms with van der Waals surface area (Å²) in [6.07, 6.45) is 2.55. The number of benzene rings is 1. The Morgan fingerprint density at radius 1 is 1.50 bits per heavy atom. The van der Waals surface area contributed by atoms with E-state index in [0.717, 1.165) is 25.9 Å². The molecule has 3 nitrogen and oxygen atoms in total. The van der Waals surface area contributed by atoms with Crippen molar-refractivity contribution < 1.29 is 9.18 Å². The van der Waals surface area contributed by atoms with Gasteiger partial charge in [0.05, 0.1) is 0 Å². The van der Waals surface area contributed by atoms with E-state index < -0.39 is 0 Å². The number of halogens is 2. The van der Waals surface area contributed by atoms with Crippen LogP contribution in [0.3, 0.4) is 0 Å². The van der Waals surface area contributed by atoms with Crippen LogP contribution in [0.2, 0.25) is 0 Å². The smallest absolute Gasteiger partial charge is 0.223 e. The van der Waals surface area contributed by atoms with Gasteiger partial charge < -0.3 is 10.6 Å². The quantitative estimate of drug-likeness (QED) is 0.896. The fourth-order valence-corrected chi connectivity index (χ4v) is 2.40. The van der Waals surface area contributed by atoms with Crippen molar-refractivity contribution in [2.75, 3.05) is 13.1 Å². The number of piperidine rings is 1. The zero-order chi connectivity index (χ0) is 13.7. The monoisotopic (exact) mass is 300 g/mol. The highest BCUT2D eigenvalue weighted by Gasteiger charge is 2.20. The molecule has 1 aromatic carbocycles. The van der Waals surface area contributed by atoms with Crippen LogP contribution in [0.1, 0.15) is 25.3 Å². The van der Waals surface area contributed by atoms with Gasteiger partial charge in [0, 0.05) is 18.5 Å². The number of hydrogen-bond donors (Lipinski definition) is 2. The van der Waals surface area contributed by atoms with E-state index in [-0.39, 0.29) is 36.1 Å². The number of nitrogens with one attached hydrogen (secondary N) is 2. The second-order valence-electron chi connectivity index (χ2n) is 5.25. The van der Waals surface area contributed by atoms with E-state index in [1.807, 2.05) is 6.92 Å². The Morgan fingerprint density at radius 3 is 2.90 bits per heavy atom. The number of rotatable bonds is 4. The van der Waals surface area contributed by atoms with Crippen molar-refractivity contribution in [2.24, 2.45) is 5.92 Å². The molecule has 0 spiro atoms. The Hall–Kier alpha value is -1.13. The van der Waals surface area contributed by atoms with Crippen LogP contribution in [0.4, 0.5) is 4.39 Å². The Kier molecular flexibility index (Phi) is 6.96. The second kappa shape index (κ2) is 8.22. The van der Waals surface area contributed by atoms with Gasteiger partial charge in [-0.2, -0.15) is 0 Å².